The quantitative estimate of drug-likeness (QED) is 0.653. The van der Waals surface area contributed by atoms with Gasteiger partial charge in [0.1, 0.15) is 0 Å². The Hall–Kier alpha value is -2.52. The highest BCUT2D eigenvalue weighted by molar-refractivity contribution is 6.36. The van der Waals surface area contributed by atoms with Crippen molar-refractivity contribution in [3.63, 3.8) is 0 Å². The van der Waals surface area contributed by atoms with Gasteiger partial charge in [-0.1, -0.05) is 28.4 Å². The van der Waals surface area contributed by atoms with Crippen LogP contribution in [-0.2, 0) is 13.0 Å². The molecule has 26 heavy (non-hydrogen) atoms. The zero-order valence-corrected chi connectivity index (χ0v) is 15.4. The van der Waals surface area contributed by atoms with Gasteiger partial charge >= 0.3 is 11.5 Å². The number of halogens is 2. The zero-order valence-electron chi connectivity index (χ0n) is 13.9. The van der Waals surface area contributed by atoms with E-state index in [4.69, 9.17) is 27.6 Å². The molecule has 0 saturated carbocycles. The van der Waals surface area contributed by atoms with Gasteiger partial charge in [-0.15, -0.1) is 5.10 Å². The third-order valence-corrected chi connectivity index (χ3v) is 4.19. The summed E-state index contributed by atoms with van der Waals surface area (Å²) in [5.41, 5.74) is 1.22. The van der Waals surface area contributed by atoms with Crippen LogP contribution in [0, 0.1) is 0 Å². The maximum Gasteiger partial charge on any atom is 0.438 e. The molecule has 0 fully saturated rings. The maximum absolute atomic E-state index is 11.7. The highest BCUT2D eigenvalue weighted by atomic mass is 35.5. The molecule has 0 unspecified atom stereocenters. The monoisotopic (exact) mass is 399 g/mol. The first-order valence-electron chi connectivity index (χ1n) is 7.68. The molecule has 0 radical (unpaired) electrons. The van der Waals surface area contributed by atoms with Gasteiger partial charge in [0, 0.05) is 15.7 Å². The lowest BCUT2D eigenvalue weighted by Crippen LogP contribution is -2.17. The van der Waals surface area contributed by atoms with E-state index in [1.54, 1.807) is 12.1 Å². The third-order valence-electron chi connectivity index (χ3n) is 3.51. The van der Waals surface area contributed by atoms with Gasteiger partial charge in [-0.05, 0) is 31.5 Å². The maximum atomic E-state index is 11.7. The summed E-state index contributed by atoms with van der Waals surface area (Å²) in [6.07, 6.45) is 0.184. The van der Waals surface area contributed by atoms with Crippen LogP contribution in [0.25, 0.3) is 0 Å². The molecular weight excluding hydrogens is 385 g/mol. The first-order chi connectivity index (χ1) is 12.3. The average molecular weight is 400 g/mol. The summed E-state index contributed by atoms with van der Waals surface area (Å²) in [5.74, 6) is -0.585. The number of aromatic amines is 1. The first kappa shape index (κ1) is 18.3. The van der Waals surface area contributed by atoms with Crippen molar-refractivity contribution in [1.29, 1.82) is 0 Å². The Morgan fingerprint density at radius 3 is 2.50 bits per heavy atom. The number of rotatable bonds is 6. The second-order valence-corrected chi connectivity index (χ2v) is 6.60. The molecule has 0 bridgehead atoms. The Morgan fingerprint density at radius 1 is 1.27 bits per heavy atom. The predicted octanol–water partition coefficient (Wildman–Crippen LogP) is 2.60. The Balaban J connectivity index is 1.77. The molecule has 0 spiro atoms. The average Bonchev–Trinajstić information content (AvgIpc) is 3.14. The second kappa shape index (κ2) is 7.38. The van der Waals surface area contributed by atoms with Crippen LogP contribution in [0.3, 0.4) is 0 Å². The Morgan fingerprint density at radius 2 is 1.96 bits per heavy atom. The molecule has 0 atom stereocenters. The van der Waals surface area contributed by atoms with Gasteiger partial charge in [0.15, 0.2) is 5.82 Å². The van der Waals surface area contributed by atoms with Crippen LogP contribution < -0.4 is 16.8 Å². The summed E-state index contributed by atoms with van der Waals surface area (Å²) in [5, 5.41) is 11.5. The van der Waals surface area contributed by atoms with Crippen LogP contribution in [0.5, 0.6) is 0 Å². The topological polar surface area (TPSA) is 119 Å². The Labute approximate surface area is 156 Å². The van der Waals surface area contributed by atoms with Crippen molar-refractivity contribution in [2.24, 2.45) is 0 Å². The molecule has 9 nitrogen and oxygen atoms in total. The number of aromatic nitrogens is 4. The van der Waals surface area contributed by atoms with E-state index in [-0.39, 0.29) is 24.9 Å². The lowest BCUT2D eigenvalue weighted by atomic mass is 10.1. The molecule has 0 aliphatic heterocycles. The predicted molar refractivity (Wildman–Crippen MR) is 94.9 cm³/mol. The highest BCUT2D eigenvalue weighted by Crippen LogP contribution is 2.30. The largest absolute Gasteiger partial charge is 0.438 e. The van der Waals surface area contributed by atoms with E-state index in [0.29, 0.717) is 27.1 Å². The molecule has 11 heteroatoms. The van der Waals surface area contributed by atoms with Crippen LogP contribution >= 0.6 is 23.2 Å². The molecule has 2 N–H and O–H groups in total. The fourth-order valence-electron chi connectivity index (χ4n) is 2.27. The van der Waals surface area contributed by atoms with Crippen molar-refractivity contribution in [2.75, 3.05) is 5.32 Å². The summed E-state index contributed by atoms with van der Waals surface area (Å²) in [4.78, 5) is 25.1. The Kier molecular flexibility index (Phi) is 5.19. The lowest BCUT2D eigenvalue weighted by molar-refractivity contribution is 0.382. The summed E-state index contributed by atoms with van der Waals surface area (Å²) in [6.45, 7) is 3.89. The summed E-state index contributed by atoms with van der Waals surface area (Å²) >= 11 is 12.6. The zero-order chi connectivity index (χ0) is 18.8. The highest BCUT2D eigenvalue weighted by Gasteiger charge is 2.16. The van der Waals surface area contributed by atoms with Gasteiger partial charge in [-0.3, -0.25) is 9.51 Å². The van der Waals surface area contributed by atoms with Gasteiger partial charge in [0.25, 0.3) is 0 Å². The molecule has 138 valence electrons. The standard InChI is InChI=1S/C15H15Cl2N5O4/c1-7(2)22-15(24)25-13(20-22)5-9-10(16)3-8(4-11(9)17)18-6-12-19-14(23)26-21-12/h3-4,7,18H,5-6H2,1-2H3,(H,19,21,23). The molecular formula is C15H15Cl2N5O4. The molecule has 0 amide bonds. The van der Waals surface area contributed by atoms with Crippen molar-refractivity contribution < 1.29 is 8.94 Å². The van der Waals surface area contributed by atoms with Crippen molar-refractivity contribution in [1.82, 2.24) is 19.9 Å². The minimum Gasteiger partial charge on any atom is -0.392 e. The molecule has 0 saturated heterocycles. The van der Waals surface area contributed by atoms with Gasteiger partial charge in [0.2, 0.25) is 5.89 Å². The van der Waals surface area contributed by atoms with Crippen LogP contribution in [0.2, 0.25) is 10.0 Å². The number of H-pyrrole nitrogens is 1. The summed E-state index contributed by atoms with van der Waals surface area (Å²) in [6, 6.07) is 3.22. The van der Waals surface area contributed by atoms with Crippen molar-refractivity contribution in [2.45, 2.75) is 32.9 Å². The normalized spacial score (nSPS) is 11.3. The van der Waals surface area contributed by atoms with E-state index in [0.717, 1.165) is 0 Å². The fraction of sp³-hybridized carbons (Fsp3) is 0.333. The van der Waals surface area contributed by atoms with Gasteiger partial charge in [-0.2, -0.15) is 4.68 Å². The van der Waals surface area contributed by atoms with E-state index in [1.165, 1.54) is 4.68 Å². The van der Waals surface area contributed by atoms with Crippen LogP contribution in [0.1, 0.15) is 37.2 Å². The SMILES string of the molecule is CC(C)n1nc(Cc2c(Cl)cc(NCc3noc(=O)[nH]3)cc2Cl)oc1=O. The summed E-state index contributed by atoms with van der Waals surface area (Å²) in [7, 11) is 0. The number of nitrogens with zero attached hydrogens (tertiary/aromatic N) is 3. The van der Waals surface area contributed by atoms with E-state index >= 15 is 0 Å². The molecule has 2 heterocycles. The summed E-state index contributed by atoms with van der Waals surface area (Å²) < 4.78 is 10.8. The third kappa shape index (κ3) is 4.00. The number of hydrogen-bond acceptors (Lipinski definition) is 7. The van der Waals surface area contributed by atoms with E-state index < -0.39 is 11.5 Å². The fourth-order valence-corrected chi connectivity index (χ4v) is 2.89. The number of anilines is 1. The minimum absolute atomic E-state index is 0.111. The molecule has 0 aliphatic carbocycles. The van der Waals surface area contributed by atoms with Crippen LogP contribution in [0.15, 0.2) is 30.7 Å². The lowest BCUT2D eigenvalue weighted by Gasteiger charge is -2.10. The van der Waals surface area contributed by atoms with Crippen molar-refractivity contribution in [3.05, 3.63) is 60.6 Å². The van der Waals surface area contributed by atoms with Crippen molar-refractivity contribution in [3.8, 4) is 0 Å². The second-order valence-electron chi connectivity index (χ2n) is 5.79. The van der Waals surface area contributed by atoms with E-state index in [2.05, 4.69) is 25.1 Å². The van der Waals surface area contributed by atoms with Gasteiger partial charge in [0.05, 0.1) is 19.0 Å². The first-order valence-corrected chi connectivity index (χ1v) is 8.44. The van der Waals surface area contributed by atoms with Crippen LogP contribution in [-0.4, -0.2) is 19.9 Å². The molecule has 0 aliphatic rings. The number of benzene rings is 1. The molecule has 2 aromatic heterocycles. The minimum atomic E-state index is -0.629. The van der Waals surface area contributed by atoms with Gasteiger partial charge < -0.3 is 9.73 Å². The number of hydrogen-bond donors (Lipinski definition) is 2. The Bertz CT molecular complexity index is 1010. The van der Waals surface area contributed by atoms with E-state index in [9.17, 15) is 9.59 Å². The smallest absolute Gasteiger partial charge is 0.392 e. The molecule has 3 aromatic rings. The molecule has 3 rings (SSSR count). The van der Waals surface area contributed by atoms with Crippen molar-refractivity contribution >= 4 is 28.9 Å². The number of nitrogens with one attached hydrogen (secondary N) is 2. The molecule has 1 aromatic carbocycles. The van der Waals surface area contributed by atoms with E-state index in [1.807, 2.05) is 13.8 Å². The van der Waals surface area contributed by atoms with Gasteiger partial charge in [-0.25, -0.2) is 9.59 Å². The van der Waals surface area contributed by atoms with Crippen LogP contribution in [0.4, 0.5) is 5.69 Å².